The van der Waals surface area contributed by atoms with Crippen molar-refractivity contribution in [2.75, 3.05) is 54.2 Å². The molecule has 0 bridgehead atoms. The third-order valence-electron chi connectivity index (χ3n) is 11.8. The maximum atomic E-state index is 14.8. The van der Waals surface area contributed by atoms with Crippen LogP contribution in [0.25, 0.3) is 0 Å². The van der Waals surface area contributed by atoms with Gasteiger partial charge in [-0.2, -0.15) is 0 Å². The molecule has 12 heteroatoms. The van der Waals surface area contributed by atoms with Gasteiger partial charge < -0.3 is 34.7 Å². The summed E-state index contributed by atoms with van der Waals surface area (Å²) in [4.78, 5) is 62.6. The molecule has 4 heterocycles. The van der Waals surface area contributed by atoms with E-state index in [-0.39, 0.29) is 43.8 Å². The second-order valence-corrected chi connectivity index (χ2v) is 19.4. The largest absolute Gasteiger partial charge is 0.432 e. The molecule has 3 saturated heterocycles. The number of benzene rings is 3. The van der Waals surface area contributed by atoms with Crippen molar-refractivity contribution in [1.29, 1.82) is 0 Å². The highest BCUT2D eigenvalue weighted by atomic mass is 28.4. The number of piperidine rings is 1. The van der Waals surface area contributed by atoms with E-state index in [1.54, 1.807) is 15.9 Å². The van der Waals surface area contributed by atoms with Gasteiger partial charge in [-0.25, -0.2) is 0 Å². The highest BCUT2D eigenvalue weighted by Crippen LogP contribution is 2.60. The molecule has 53 heavy (non-hydrogen) atoms. The number of amides is 3. The Balaban J connectivity index is 1.27. The Labute approximate surface area is 313 Å². The summed E-state index contributed by atoms with van der Waals surface area (Å²) in [6, 6.07) is 25.4. The summed E-state index contributed by atoms with van der Waals surface area (Å²) in [7, 11) is -3.07. The molecular weight excluding hydrogens is 687 g/mol. The van der Waals surface area contributed by atoms with Gasteiger partial charge in [0.1, 0.15) is 5.54 Å². The first-order chi connectivity index (χ1) is 25.5. The molecule has 4 atom stereocenters. The van der Waals surface area contributed by atoms with E-state index in [2.05, 4.69) is 16.8 Å². The Morgan fingerprint density at radius 2 is 1.70 bits per heavy atom. The number of hydrogen-bond donors (Lipinski definition) is 3. The molecular formula is C41H51N5O6Si. The van der Waals surface area contributed by atoms with Gasteiger partial charge in [0.05, 0.1) is 31.5 Å². The van der Waals surface area contributed by atoms with E-state index in [1.807, 2.05) is 104 Å². The molecule has 7 rings (SSSR count). The van der Waals surface area contributed by atoms with E-state index in [1.165, 1.54) is 0 Å². The first kappa shape index (κ1) is 37.0. The predicted octanol–water partition coefficient (Wildman–Crippen LogP) is 4.36. The van der Waals surface area contributed by atoms with Gasteiger partial charge in [-0.15, -0.1) is 6.58 Å². The van der Waals surface area contributed by atoms with Gasteiger partial charge in [0.15, 0.2) is 13.9 Å². The fourth-order valence-electron chi connectivity index (χ4n) is 9.43. The lowest BCUT2D eigenvalue weighted by atomic mass is 9.82. The van der Waals surface area contributed by atoms with Gasteiger partial charge >= 0.3 is 0 Å². The van der Waals surface area contributed by atoms with Crippen molar-refractivity contribution in [1.82, 2.24) is 10.2 Å². The minimum absolute atomic E-state index is 0.0251. The van der Waals surface area contributed by atoms with Gasteiger partial charge in [0.2, 0.25) is 5.91 Å². The lowest BCUT2D eigenvalue weighted by Gasteiger charge is -2.39. The van der Waals surface area contributed by atoms with Crippen LogP contribution in [0, 0.1) is 5.92 Å². The van der Waals surface area contributed by atoms with Gasteiger partial charge in [0, 0.05) is 48.0 Å². The number of carbonyl (C=O) groups excluding carboxylic acids is 3. The zero-order chi connectivity index (χ0) is 37.5. The Morgan fingerprint density at radius 1 is 1.02 bits per heavy atom. The summed E-state index contributed by atoms with van der Waals surface area (Å²) in [5.41, 5.74) is 1.22. The highest BCUT2D eigenvalue weighted by molar-refractivity contribution is 6.71. The first-order valence-corrected chi connectivity index (χ1v) is 21.7. The number of ether oxygens (including phenoxy) is 1. The van der Waals surface area contributed by atoms with Crippen molar-refractivity contribution in [3.8, 4) is 0 Å². The monoisotopic (exact) mass is 737 g/mol. The molecule has 4 aliphatic rings. The van der Waals surface area contributed by atoms with Crippen LogP contribution < -0.4 is 20.0 Å². The number of aliphatic hydroxyl groups is 1. The van der Waals surface area contributed by atoms with Gasteiger partial charge in [-0.3, -0.25) is 19.3 Å². The van der Waals surface area contributed by atoms with Crippen LogP contribution in [0.15, 0.2) is 91.5 Å². The number of hydrogen-bond acceptors (Lipinski definition) is 8. The molecule has 11 nitrogen and oxygen atoms in total. The third-order valence-corrected chi connectivity index (χ3v) is 14.4. The molecule has 0 radical (unpaired) electrons. The van der Waals surface area contributed by atoms with Crippen molar-refractivity contribution < 1.29 is 29.0 Å². The number of anilines is 3. The van der Waals surface area contributed by atoms with E-state index in [9.17, 15) is 24.3 Å². The van der Waals surface area contributed by atoms with Crippen molar-refractivity contribution in [3.63, 3.8) is 0 Å². The van der Waals surface area contributed by atoms with Crippen LogP contribution in [0.5, 0.6) is 0 Å². The molecule has 0 unspecified atom stereocenters. The molecule has 3 aromatic rings. The predicted molar refractivity (Wildman–Crippen MR) is 208 cm³/mol. The molecule has 0 aliphatic carbocycles. The van der Waals surface area contributed by atoms with E-state index in [4.69, 9.17) is 4.74 Å². The lowest BCUT2D eigenvalue weighted by Crippen LogP contribution is -2.55. The SMILES string of the molecule is C=CCN1C(=O)[C@]2(O[C@H](CC(=O)N(CCO)Cc3ccccc3)[C@@H]([Si](C)(C)O)[C@@H]2C)c2cc(N3CN(c4ccccc4)C4(CCNCC4)C3=O)ccc21. The standard InChI is InChI=1S/C41H51N5O6Si/c1-5-22-44-34-17-16-32(45-28-46(31-14-10-7-11-15-31)40(38(45)49)18-20-42-21-19-40)25-33(34)41(39(44)50)29(2)37(53(3,4)51)35(52-41)26-36(48)43(23-24-47)27-30-12-8-6-9-13-30/h5-17,25,29,35,37,42,47,51H,1,18-24,26-28H2,2-4H3/t29-,35+,37-,41+/m0/s1. The summed E-state index contributed by atoms with van der Waals surface area (Å²) < 4.78 is 6.99. The van der Waals surface area contributed by atoms with Crippen molar-refractivity contribution in [2.24, 2.45) is 5.92 Å². The summed E-state index contributed by atoms with van der Waals surface area (Å²) in [5.74, 6) is -0.953. The maximum absolute atomic E-state index is 14.8. The smallest absolute Gasteiger partial charge is 0.264 e. The third kappa shape index (κ3) is 6.29. The van der Waals surface area contributed by atoms with Crippen LogP contribution in [0.1, 0.15) is 37.3 Å². The zero-order valence-electron chi connectivity index (χ0n) is 30.9. The molecule has 280 valence electrons. The van der Waals surface area contributed by atoms with E-state index in [0.29, 0.717) is 43.0 Å². The minimum Gasteiger partial charge on any atom is -0.432 e. The van der Waals surface area contributed by atoms with Gasteiger partial charge in [-0.05, 0) is 74.9 Å². The molecule has 4 aliphatic heterocycles. The minimum atomic E-state index is -3.07. The second kappa shape index (κ2) is 14.5. The number of fused-ring (bicyclic) bond motifs is 2. The Morgan fingerprint density at radius 3 is 2.34 bits per heavy atom. The molecule has 0 aromatic heterocycles. The summed E-state index contributed by atoms with van der Waals surface area (Å²) in [6.45, 7) is 11.9. The Kier molecular flexibility index (Phi) is 10.1. The van der Waals surface area contributed by atoms with Gasteiger partial charge in [-0.1, -0.05) is 61.5 Å². The molecule has 3 fully saturated rings. The topological polar surface area (TPSA) is 126 Å². The summed E-state index contributed by atoms with van der Waals surface area (Å²) in [5, 5.41) is 13.3. The average Bonchev–Trinajstić information content (AvgIpc) is 3.69. The Bertz CT molecular complexity index is 1850. The number of aliphatic hydroxyl groups excluding tert-OH is 1. The fraction of sp³-hybridized carbons (Fsp3) is 0.439. The normalized spacial score (nSPS) is 25.1. The van der Waals surface area contributed by atoms with Crippen molar-refractivity contribution in [2.45, 2.75) is 68.6 Å². The van der Waals surface area contributed by atoms with E-state index in [0.717, 1.165) is 24.3 Å². The van der Waals surface area contributed by atoms with Crippen molar-refractivity contribution >= 4 is 43.1 Å². The maximum Gasteiger partial charge on any atom is 0.264 e. The number of nitrogens with one attached hydrogen (secondary N) is 1. The number of carbonyl (C=O) groups is 3. The Hall–Kier alpha value is -4.33. The molecule has 3 N–H and O–H groups in total. The fourth-order valence-corrected chi connectivity index (χ4v) is 12.0. The van der Waals surface area contributed by atoms with Crippen LogP contribution in [-0.2, 0) is 31.3 Å². The number of nitrogens with zero attached hydrogens (tertiary/aromatic N) is 4. The molecule has 3 aromatic carbocycles. The van der Waals surface area contributed by atoms with E-state index < -0.39 is 37.0 Å². The number of rotatable bonds is 11. The van der Waals surface area contributed by atoms with Crippen LogP contribution >= 0.6 is 0 Å². The lowest BCUT2D eigenvalue weighted by molar-refractivity contribution is -0.149. The average molecular weight is 738 g/mol. The first-order valence-electron chi connectivity index (χ1n) is 18.7. The molecule has 2 spiro atoms. The highest BCUT2D eigenvalue weighted by Gasteiger charge is 2.66. The van der Waals surface area contributed by atoms with Crippen LogP contribution in [0.2, 0.25) is 18.6 Å². The summed E-state index contributed by atoms with van der Waals surface area (Å²) in [6.07, 6.45) is 2.20. The van der Waals surface area contributed by atoms with Crippen LogP contribution in [0.4, 0.5) is 17.1 Å². The second-order valence-electron chi connectivity index (χ2n) is 15.4. The number of para-hydroxylation sites is 1. The van der Waals surface area contributed by atoms with Crippen LogP contribution in [0.3, 0.4) is 0 Å². The van der Waals surface area contributed by atoms with E-state index >= 15 is 0 Å². The quantitative estimate of drug-likeness (QED) is 0.196. The molecule has 3 amide bonds. The summed E-state index contributed by atoms with van der Waals surface area (Å²) >= 11 is 0. The van der Waals surface area contributed by atoms with Gasteiger partial charge in [0.25, 0.3) is 11.8 Å². The zero-order valence-corrected chi connectivity index (χ0v) is 31.9. The molecule has 0 saturated carbocycles. The van der Waals surface area contributed by atoms with Crippen LogP contribution in [-0.4, -0.2) is 91.9 Å². The van der Waals surface area contributed by atoms with Crippen molar-refractivity contribution in [3.05, 3.63) is 103 Å².